The average molecular weight is 431 g/mol. The maximum atomic E-state index is 12.9. The summed E-state index contributed by atoms with van der Waals surface area (Å²) in [5.74, 6) is -0.320. The molecule has 0 aliphatic carbocycles. The van der Waals surface area contributed by atoms with Crippen molar-refractivity contribution < 1.29 is 18.0 Å². The highest BCUT2D eigenvalue weighted by Crippen LogP contribution is 2.21. The predicted molar refractivity (Wildman–Crippen MR) is 116 cm³/mol. The normalized spacial score (nSPS) is 15.0. The summed E-state index contributed by atoms with van der Waals surface area (Å²) in [6.45, 7) is 2.52. The number of benzene rings is 2. The molecule has 8 nitrogen and oxygen atoms in total. The van der Waals surface area contributed by atoms with Crippen molar-refractivity contribution in [2.24, 2.45) is 0 Å². The summed E-state index contributed by atoms with van der Waals surface area (Å²) in [5.41, 5.74) is 2.13. The first-order chi connectivity index (χ1) is 14.2. The van der Waals surface area contributed by atoms with Crippen molar-refractivity contribution >= 4 is 33.2 Å². The van der Waals surface area contributed by atoms with Gasteiger partial charge in [0, 0.05) is 64.1 Å². The molecule has 1 saturated heterocycles. The maximum Gasteiger partial charge on any atom is 0.253 e. The molecular formula is C21H26N4O4S. The van der Waals surface area contributed by atoms with Crippen molar-refractivity contribution in [1.29, 1.82) is 0 Å². The lowest BCUT2D eigenvalue weighted by atomic mass is 10.1. The molecule has 0 saturated carbocycles. The Morgan fingerprint density at radius 2 is 1.47 bits per heavy atom. The Morgan fingerprint density at radius 1 is 0.900 bits per heavy atom. The molecule has 0 spiro atoms. The summed E-state index contributed by atoms with van der Waals surface area (Å²) in [6.07, 6.45) is 0. The highest BCUT2D eigenvalue weighted by Gasteiger charge is 2.30. The second-order valence-corrected chi connectivity index (χ2v) is 9.28. The van der Waals surface area contributed by atoms with E-state index in [2.05, 4.69) is 5.32 Å². The second-order valence-electron chi connectivity index (χ2n) is 7.34. The Kier molecular flexibility index (Phi) is 6.42. The minimum Gasteiger partial charge on any atom is -0.378 e. The van der Waals surface area contributed by atoms with E-state index in [1.165, 1.54) is 23.4 Å². The first kappa shape index (κ1) is 21.8. The summed E-state index contributed by atoms with van der Waals surface area (Å²) < 4.78 is 27.2. The van der Waals surface area contributed by atoms with Crippen molar-refractivity contribution in [1.82, 2.24) is 9.21 Å². The van der Waals surface area contributed by atoms with E-state index in [-0.39, 0.29) is 29.8 Å². The molecule has 3 rings (SSSR count). The summed E-state index contributed by atoms with van der Waals surface area (Å²) in [4.78, 5) is 27.6. The van der Waals surface area contributed by atoms with E-state index in [9.17, 15) is 18.0 Å². The van der Waals surface area contributed by atoms with Gasteiger partial charge in [-0.25, -0.2) is 8.42 Å². The van der Waals surface area contributed by atoms with E-state index < -0.39 is 10.0 Å². The fourth-order valence-electron chi connectivity index (χ4n) is 3.28. The Balaban J connectivity index is 1.64. The van der Waals surface area contributed by atoms with Gasteiger partial charge in [0.05, 0.1) is 4.90 Å². The van der Waals surface area contributed by atoms with Crippen LogP contribution in [0.2, 0.25) is 0 Å². The zero-order valence-corrected chi connectivity index (χ0v) is 18.1. The Morgan fingerprint density at radius 3 is 1.97 bits per heavy atom. The molecule has 0 radical (unpaired) electrons. The van der Waals surface area contributed by atoms with Gasteiger partial charge in [-0.15, -0.1) is 0 Å². The number of nitrogens with zero attached hydrogens (tertiary/aromatic N) is 3. The average Bonchev–Trinajstić information content (AvgIpc) is 2.73. The van der Waals surface area contributed by atoms with Crippen LogP contribution in [-0.2, 0) is 14.8 Å². The minimum absolute atomic E-state index is 0.1000. The molecule has 160 valence electrons. The molecule has 0 bridgehead atoms. The molecule has 2 amide bonds. The molecule has 2 aromatic carbocycles. The molecular weight excluding hydrogens is 404 g/mol. The van der Waals surface area contributed by atoms with Crippen LogP contribution in [0.1, 0.15) is 17.3 Å². The Bertz CT molecular complexity index is 1010. The lowest BCUT2D eigenvalue weighted by molar-refractivity contribution is -0.114. The number of amides is 2. The van der Waals surface area contributed by atoms with Crippen LogP contribution >= 0.6 is 0 Å². The molecule has 30 heavy (non-hydrogen) atoms. The number of hydrogen-bond acceptors (Lipinski definition) is 5. The maximum absolute atomic E-state index is 12.9. The smallest absolute Gasteiger partial charge is 0.253 e. The van der Waals surface area contributed by atoms with Crippen molar-refractivity contribution in [2.75, 3.05) is 50.5 Å². The molecule has 1 heterocycles. The first-order valence-corrected chi connectivity index (χ1v) is 11.1. The zero-order valence-electron chi connectivity index (χ0n) is 17.3. The fourth-order valence-corrected chi connectivity index (χ4v) is 4.70. The molecule has 0 atom stereocenters. The van der Waals surface area contributed by atoms with Gasteiger partial charge < -0.3 is 15.1 Å². The van der Waals surface area contributed by atoms with E-state index in [0.717, 1.165) is 5.69 Å². The second kappa shape index (κ2) is 8.85. The number of hydrogen-bond donors (Lipinski definition) is 1. The first-order valence-electron chi connectivity index (χ1n) is 9.63. The Hall–Kier alpha value is -2.91. The summed E-state index contributed by atoms with van der Waals surface area (Å²) in [6, 6.07) is 13.4. The molecule has 0 aromatic heterocycles. The van der Waals surface area contributed by atoms with Gasteiger partial charge in [0.15, 0.2) is 0 Å². The van der Waals surface area contributed by atoms with E-state index in [4.69, 9.17) is 0 Å². The monoisotopic (exact) mass is 430 g/mol. The Labute approximate surface area is 177 Å². The van der Waals surface area contributed by atoms with Crippen molar-refractivity contribution in [3.8, 4) is 0 Å². The van der Waals surface area contributed by atoms with Crippen LogP contribution in [0.5, 0.6) is 0 Å². The van der Waals surface area contributed by atoms with Crippen LogP contribution in [0.25, 0.3) is 0 Å². The van der Waals surface area contributed by atoms with Gasteiger partial charge in [-0.3, -0.25) is 9.59 Å². The molecule has 9 heteroatoms. The number of rotatable bonds is 5. The minimum atomic E-state index is -3.66. The lowest BCUT2D eigenvalue weighted by Crippen LogP contribution is -2.50. The highest BCUT2D eigenvalue weighted by atomic mass is 32.2. The molecule has 1 aliphatic rings. The number of nitrogens with one attached hydrogen (secondary N) is 1. The summed E-state index contributed by atoms with van der Waals surface area (Å²) in [7, 11) is 0.210. The van der Waals surface area contributed by atoms with Gasteiger partial charge in [0.1, 0.15) is 0 Å². The van der Waals surface area contributed by atoms with Gasteiger partial charge >= 0.3 is 0 Å². The van der Waals surface area contributed by atoms with Crippen LogP contribution in [0.3, 0.4) is 0 Å². The number of anilines is 2. The van der Waals surface area contributed by atoms with Crippen LogP contribution in [0.15, 0.2) is 53.4 Å². The molecule has 1 aliphatic heterocycles. The van der Waals surface area contributed by atoms with E-state index in [1.807, 2.05) is 31.1 Å². The summed E-state index contributed by atoms with van der Waals surface area (Å²) in [5, 5.41) is 2.61. The van der Waals surface area contributed by atoms with Crippen molar-refractivity contribution in [3.05, 3.63) is 54.1 Å². The lowest BCUT2D eigenvalue weighted by Gasteiger charge is -2.34. The third kappa shape index (κ3) is 4.80. The fraction of sp³-hybridized carbons (Fsp3) is 0.333. The van der Waals surface area contributed by atoms with Crippen LogP contribution in [0.4, 0.5) is 11.4 Å². The predicted octanol–water partition coefficient (Wildman–Crippen LogP) is 1.86. The molecule has 1 fully saturated rings. The highest BCUT2D eigenvalue weighted by molar-refractivity contribution is 7.89. The van der Waals surface area contributed by atoms with E-state index in [1.54, 1.807) is 29.2 Å². The van der Waals surface area contributed by atoms with Crippen molar-refractivity contribution in [2.45, 2.75) is 11.8 Å². The molecule has 1 N–H and O–H groups in total. The van der Waals surface area contributed by atoms with E-state index in [0.29, 0.717) is 24.3 Å². The SMILES string of the molecule is CC(=O)Nc1ccc(S(=O)(=O)N2CCN(C(=O)c3ccc(N(C)C)cc3)CC2)cc1. The van der Waals surface area contributed by atoms with Crippen molar-refractivity contribution in [3.63, 3.8) is 0 Å². The number of sulfonamides is 1. The largest absolute Gasteiger partial charge is 0.378 e. The number of carbonyl (C=O) groups excluding carboxylic acids is 2. The third-order valence-corrected chi connectivity index (χ3v) is 6.88. The van der Waals surface area contributed by atoms with E-state index >= 15 is 0 Å². The standard InChI is InChI=1S/C21H26N4O4S/c1-16(26)22-18-6-10-20(11-7-18)30(28,29)25-14-12-24(13-15-25)21(27)17-4-8-19(9-5-17)23(2)3/h4-11H,12-15H2,1-3H3,(H,22,26). The van der Waals surface area contributed by atoms with Gasteiger partial charge in [0.2, 0.25) is 15.9 Å². The third-order valence-electron chi connectivity index (χ3n) is 4.97. The van der Waals surface area contributed by atoms with Crippen LogP contribution in [-0.4, -0.2) is 69.7 Å². The zero-order chi connectivity index (χ0) is 21.9. The molecule has 2 aromatic rings. The van der Waals surface area contributed by atoms with Gasteiger partial charge in [-0.05, 0) is 48.5 Å². The quantitative estimate of drug-likeness (QED) is 0.782. The topological polar surface area (TPSA) is 90.0 Å². The molecule has 0 unspecified atom stereocenters. The van der Waals surface area contributed by atoms with Crippen LogP contribution in [0, 0.1) is 0 Å². The van der Waals surface area contributed by atoms with Gasteiger partial charge in [-0.2, -0.15) is 4.31 Å². The number of carbonyl (C=O) groups is 2. The van der Waals surface area contributed by atoms with Crippen LogP contribution < -0.4 is 10.2 Å². The summed E-state index contributed by atoms with van der Waals surface area (Å²) >= 11 is 0. The van der Waals surface area contributed by atoms with Gasteiger partial charge in [0.25, 0.3) is 5.91 Å². The number of piperazine rings is 1. The van der Waals surface area contributed by atoms with Gasteiger partial charge in [-0.1, -0.05) is 0 Å².